The Kier molecular flexibility index (Phi) is 6.86. The van der Waals surface area contributed by atoms with Gasteiger partial charge >= 0.3 is 0 Å². The molecule has 1 aliphatic heterocycles. The summed E-state index contributed by atoms with van der Waals surface area (Å²) >= 11 is 7.67. The number of hydrogen-bond acceptors (Lipinski definition) is 5. The number of nitrogens with zero attached hydrogens (tertiary/aromatic N) is 2. The molecule has 0 aliphatic carbocycles. The molecule has 6 nitrogen and oxygen atoms in total. The molecule has 1 atom stereocenters. The van der Waals surface area contributed by atoms with Gasteiger partial charge in [-0.15, -0.1) is 11.3 Å². The van der Waals surface area contributed by atoms with E-state index < -0.39 is 0 Å². The first-order chi connectivity index (χ1) is 15.4. The lowest BCUT2D eigenvalue weighted by molar-refractivity contribution is -0.136. The first-order valence-corrected chi connectivity index (χ1v) is 11.8. The first kappa shape index (κ1) is 22.4. The molecule has 2 amide bonds. The summed E-state index contributed by atoms with van der Waals surface area (Å²) in [5.74, 6) is 0.523. The van der Waals surface area contributed by atoms with Gasteiger partial charge < -0.3 is 19.0 Å². The summed E-state index contributed by atoms with van der Waals surface area (Å²) in [6.07, 6.45) is 2.25. The normalized spacial score (nSPS) is 15.5. The molecule has 3 aromatic rings. The number of carbonyl (C=O) groups excluding carboxylic acids is 2. The summed E-state index contributed by atoms with van der Waals surface area (Å²) in [5.41, 5.74) is 1.11. The minimum Gasteiger partial charge on any atom is -0.491 e. The molecular weight excluding hydrogens is 448 g/mol. The SMILES string of the molecule is CC(C)N(CC(=O)N1CCc2sccc2C1COc1ccc(Cl)cc1)C(=O)c1ccco1. The van der Waals surface area contributed by atoms with Crippen molar-refractivity contribution < 1.29 is 18.7 Å². The highest BCUT2D eigenvalue weighted by atomic mass is 35.5. The number of carbonyl (C=O) groups is 2. The molecule has 8 heteroatoms. The van der Waals surface area contributed by atoms with Crippen molar-refractivity contribution in [1.29, 1.82) is 0 Å². The number of ether oxygens (including phenoxy) is 1. The maximum atomic E-state index is 13.4. The molecule has 0 N–H and O–H groups in total. The van der Waals surface area contributed by atoms with E-state index in [1.165, 1.54) is 11.1 Å². The van der Waals surface area contributed by atoms with Gasteiger partial charge in [0.2, 0.25) is 5.91 Å². The maximum absolute atomic E-state index is 13.4. The van der Waals surface area contributed by atoms with E-state index in [1.54, 1.807) is 40.5 Å². The van der Waals surface area contributed by atoms with Crippen LogP contribution in [0.5, 0.6) is 5.75 Å². The minimum atomic E-state index is -0.291. The van der Waals surface area contributed by atoms with Crippen LogP contribution in [0.25, 0.3) is 0 Å². The summed E-state index contributed by atoms with van der Waals surface area (Å²) < 4.78 is 11.3. The van der Waals surface area contributed by atoms with E-state index in [1.807, 2.05) is 30.9 Å². The predicted octanol–water partition coefficient (Wildman–Crippen LogP) is 5.05. The molecule has 1 aliphatic rings. The molecule has 168 valence electrons. The Morgan fingerprint density at radius 1 is 1.25 bits per heavy atom. The van der Waals surface area contributed by atoms with Crippen LogP contribution in [0.3, 0.4) is 0 Å². The summed E-state index contributed by atoms with van der Waals surface area (Å²) in [6.45, 7) is 4.67. The van der Waals surface area contributed by atoms with Crippen molar-refractivity contribution >= 4 is 34.8 Å². The van der Waals surface area contributed by atoms with Crippen LogP contribution < -0.4 is 4.74 Å². The van der Waals surface area contributed by atoms with Crippen molar-refractivity contribution in [2.75, 3.05) is 19.7 Å². The van der Waals surface area contributed by atoms with Gasteiger partial charge in [0.1, 0.15) is 18.9 Å². The Balaban J connectivity index is 1.52. The van der Waals surface area contributed by atoms with Crippen molar-refractivity contribution in [3.8, 4) is 5.75 Å². The van der Waals surface area contributed by atoms with Gasteiger partial charge in [-0.2, -0.15) is 0 Å². The highest BCUT2D eigenvalue weighted by molar-refractivity contribution is 7.10. The number of amides is 2. The Hall–Kier alpha value is -2.77. The van der Waals surface area contributed by atoms with Crippen LogP contribution in [-0.2, 0) is 11.2 Å². The number of halogens is 1. The smallest absolute Gasteiger partial charge is 0.290 e. The number of rotatable bonds is 7. The van der Waals surface area contributed by atoms with Crippen molar-refractivity contribution in [2.45, 2.75) is 32.4 Å². The highest BCUT2D eigenvalue weighted by Gasteiger charge is 2.34. The summed E-state index contributed by atoms with van der Waals surface area (Å²) in [4.78, 5) is 30.9. The van der Waals surface area contributed by atoms with Crippen molar-refractivity contribution in [1.82, 2.24) is 9.80 Å². The maximum Gasteiger partial charge on any atom is 0.290 e. The predicted molar refractivity (Wildman–Crippen MR) is 124 cm³/mol. The fourth-order valence-corrected chi connectivity index (χ4v) is 4.90. The molecule has 4 rings (SSSR count). The third kappa shape index (κ3) is 4.84. The van der Waals surface area contributed by atoms with E-state index >= 15 is 0 Å². The number of hydrogen-bond donors (Lipinski definition) is 0. The first-order valence-electron chi connectivity index (χ1n) is 10.5. The van der Waals surface area contributed by atoms with E-state index in [0.717, 1.165) is 12.0 Å². The standard InChI is InChI=1S/C24H25ClN2O4S/c1-16(2)27(24(29)21-4-3-12-30-21)14-23(28)26-11-9-22-19(10-13-32-22)20(26)15-31-18-7-5-17(25)6-8-18/h3-8,10,12-13,16,20H,9,11,14-15H2,1-2H3. The molecule has 0 saturated carbocycles. The van der Waals surface area contributed by atoms with Crippen LogP contribution in [-0.4, -0.2) is 47.4 Å². The molecule has 3 heterocycles. The molecule has 1 aromatic carbocycles. The fourth-order valence-electron chi connectivity index (χ4n) is 3.85. The van der Waals surface area contributed by atoms with Gasteiger partial charge in [-0.3, -0.25) is 9.59 Å². The quantitative estimate of drug-likeness (QED) is 0.482. The number of thiophene rings is 1. The van der Waals surface area contributed by atoms with E-state index in [-0.39, 0.29) is 36.2 Å². The van der Waals surface area contributed by atoms with Crippen molar-refractivity contribution in [2.24, 2.45) is 0 Å². The average Bonchev–Trinajstić information content (AvgIpc) is 3.48. The monoisotopic (exact) mass is 472 g/mol. The van der Waals surface area contributed by atoms with Crippen LogP contribution in [0, 0.1) is 0 Å². The minimum absolute atomic E-state index is 0.0197. The molecule has 32 heavy (non-hydrogen) atoms. The van der Waals surface area contributed by atoms with Crippen LogP contribution in [0.4, 0.5) is 0 Å². The number of benzene rings is 1. The van der Waals surface area contributed by atoms with E-state index in [4.69, 9.17) is 20.8 Å². The third-order valence-corrected chi connectivity index (χ3v) is 6.81. The van der Waals surface area contributed by atoms with Crippen molar-refractivity contribution in [3.63, 3.8) is 0 Å². The fraction of sp³-hybridized carbons (Fsp3) is 0.333. The van der Waals surface area contributed by atoms with Crippen molar-refractivity contribution in [3.05, 3.63) is 75.3 Å². The zero-order valence-electron chi connectivity index (χ0n) is 18.0. The van der Waals surface area contributed by atoms with Gasteiger partial charge in [-0.1, -0.05) is 11.6 Å². The molecule has 0 spiro atoms. The van der Waals surface area contributed by atoms with Crippen LogP contribution in [0.1, 0.15) is 40.9 Å². The van der Waals surface area contributed by atoms with Gasteiger partial charge in [0.15, 0.2) is 5.76 Å². The van der Waals surface area contributed by atoms with Gasteiger partial charge in [-0.05, 0) is 73.7 Å². The van der Waals surface area contributed by atoms with Crippen LogP contribution >= 0.6 is 22.9 Å². The molecule has 2 aromatic heterocycles. The van der Waals surface area contributed by atoms with Crippen LogP contribution in [0.15, 0.2) is 58.5 Å². The zero-order chi connectivity index (χ0) is 22.7. The summed E-state index contributed by atoms with van der Waals surface area (Å²) in [7, 11) is 0. The summed E-state index contributed by atoms with van der Waals surface area (Å²) in [5, 5.41) is 2.69. The lowest BCUT2D eigenvalue weighted by atomic mass is 10.00. The highest BCUT2D eigenvalue weighted by Crippen LogP contribution is 2.34. The van der Waals surface area contributed by atoms with E-state index in [0.29, 0.717) is 23.9 Å². The third-order valence-electron chi connectivity index (χ3n) is 5.56. The van der Waals surface area contributed by atoms with E-state index in [2.05, 4.69) is 11.4 Å². The Morgan fingerprint density at radius 2 is 2.03 bits per heavy atom. The second-order valence-electron chi connectivity index (χ2n) is 7.92. The molecule has 0 bridgehead atoms. The molecule has 0 saturated heterocycles. The molecule has 0 fully saturated rings. The molecule has 0 radical (unpaired) electrons. The van der Waals surface area contributed by atoms with Crippen LogP contribution in [0.2, 0.25) is 5.02 Å². The second-order valence-corrected chi connectivity index (χ2v) is 9.36. The Morgan fingerprint density at radius 3 is 2.72 bits per heavy atom. The Labute approximate surface area is 196 Å². The van der Waals surface area contributed by atoms with Gasteiger partial charge in [-0.25, -0.2) is 0 Å². The van der Waals surface area contributed by atoms with Gasteiger partial charge in [0.25, 0.3) is 5.91 Å². The van der Waals surface area contributed by atoms with Gasteiger partial charge in [0, 0.05) is 22.5 Å². The zero-order valence-corrected chi connectivity index (χ0v) is 19.6. The summed E-state index contributed by atoms with van der Waals surface area (Å²) in [6, 6.07) is 12.1. The largest absolute Gasteiger partial charge is 0.491 e. The molecular formula is C24H25ClN2O4S. The lowest BCUT2D eigenvalue weighted by Crippen LogP contribution is -2.49. The number of furan rings is 1. The lowest BCUT2D eigenvalue weighted by Gasteiger charge is -2.37. The average molecular weight is 473 g/mol. The Bertz CT molecular complexity index is 1060. The second kappa shape index (κ2) is 9.79. The topological polar surface area (TPSA) is 63.0 Å². The molecule has 1 unspecified atom stereocenters. The van der Waals surface area contributed by atoms with E-state index in [9.17, 15) is 9.59 Å². The number of fused-ring (bicyclic) bond motifs is 1. The van der Waals surface area contributed by atoms with Gasteiger partial charge in [0.05, 0.1) is 12.3 Å².